The first kappa shape index (κ1) is 34.5. The minimum absolute atomic E-state index is 0.00273. The fourth-order valence-electron chi connectivity index (χ4n) is 4.64. The van der Waals surface area contributed by atoms with Crippen molar-refractivity contribution in [1.29, 1.82) is 0 Å². The molecule has 1 aromatic carbocycles. The molecule has 7 N–H and O–H groups in total. The Labute approximate surface area is 268 Å². The van der Waals surface area contributed by atoms with E-state index in [-0.39, 0.29) is 47.7 Å². The number of hydroxylamine groups is 2. The third-order valence-electron chi connectivity index (χ3n) is 7.02. The summed E-state index contributed by atoms with van der Waals surface area (Å²) in [5.74, 6) is -0.921. The molecule has 2 saturated heterocycles. The van der Waals surface area contributed by atoms with Crippen LogP contribution in [0.3, 0.4) is 0 Å². The van der Waals surface area contributed by atoms with E-state index in [0.717, 1.165) is 11.3 Å². The summed E-state index contributed by atoms with van der Waals surface area (Å²) in [6, 6.07) is 5.28. The number of ether oxygens (including phenoxy) is 1. The molecule has 18 nitrogen and oxygen atoms in total. The zero-order valence-electron chi connectivity index (χ0n) is 25.4. The van der Waals surface area contributed by atoms with E-state index in [2.05, 4.69) is 30.0 Å². The summed E-state index contributed by atoms with van der Waals surface area (Å²) < 4.78 is 41.0. The molecule has 3 atom stereocenters. The Morgan fingerprint density at radius 1 is 1.26 bits per heavy atom. The maximum absolute atomic E-state index is 13.1. The number of anilines is 1. The van der Waals surface area contributed by atoms with Gasteiger partial charge in [0.05, 0.1) is 17.6 Å². The van der Waals surface area contributed by atoms with Gasteiger partial charge in [-0.25, -0.2) is 4.98 Å². The largest absolute Gasteiger partial charge is 0.490 e. The molecule has 2 aliphatic rings. The Kier molecular flexibility index (Phi) is 10.5. The lowest BCUT2D eigenvalue weighted by Crippen LogP contribution is -2.76. The summed E-state index contributed by atoms with van der Waals surface area (Å²) >= 11 is 1.05. The van der Waals surface area contributed by atoms with Gasteiger partial charge in [-0.1, -0.05) is 5.16 Å². The Bertz CT molecular complexity index is 1620. The van der Waals surface area contributed by atoms with E-state index in [4.69, 9.17) is 25.6 Å². The minimum Gasteiger partial charge on any atom is -0.490 e. The Hall–Kier alpha value is -4.37. The summed E-state index contributed by atoms with van der Waals surface area (Å²) in [5.41, 5.74) is 11.0. The number of carbonyl (C=O) groups excluding carboxylic acids is 3. The molecule has 0 spiro atoms. The number of benzene rings is 1. The number of carbonyl (C=O) groups is 3. The van der Waals surface area contributed by atoms with Crippen molar-refractivity contribution in [2.75, 3.05) is 39.6 Å². The third kappa shape index (κ3) is 8.26. The summed E-state index contributed by atoms with van der Waals surface area (Å²) in [6.07, 6.45) is 0.557. The van der Waals surface area contributed by atoms with Crippen LogP contribution in [0.4, 0.5) is 5.13 Å². The van der Waals surface area contributed by atoms with Crippen LogP contribution in [-0.2, 0) is 33.9 Å². The molecule has 1 unspecified atom stereocenters. The topological polar surface area (TPSA) is 253 Å². The molecule has 3 amide bonds. The predicted octanol–water partition coefficient (Wildman–Crippen LogP) is -1.11. The van der Waals surface area contributed by atoms with Crippen LogP contribution in [0.1, 0.15) is 31.5 Å². The van der Waals surface area contributed by atoms with Gasteiger partial charge in [-0.15, -0.1) is 15.6 Å². The fourth-order valence-corrected chi connectivity index (χ4v) is 5.64. The van der Waals surface area contributed by atoms with E-state index in [0.29, 0.717) is 35.2 Å². The fraction of sp³-hybridized carbons (Fsp3) is 0.462. The summed E-state index contributed by atoms with van der Waals surface area (Å²) in [4.78, 5) is 53.1. The van der Waals surface area contributed by atoms with Gasteiger partial charge in [0.2, 0.25) is 5.91 Å². The molecule has 250 valence electrons. The van der Waals surface area contributed by atoms with Crippen LogP contribution in [0.15, 0.2) is 39.8 Å². The van der Waals surface area contributed by atoms with Gasteiger partial charge < -0.3 is 36.6 Å². The number of aliphatic imine (C=N–C) groups is 1. The highest BCUT2D eigenvalue weighted by Gasteiger charge is 2.58. The molecule has 2 aliphatic heterocycles. The number of nitrogens with zero attached hydrogens (tertiary/aromatic N) is 5. The van der Waals surface area contributed by atoms with E-state index in [9.17, 15) is 22.8 Å². The number of rotatable bonds is 13. The number of β-lactam (4-membered cyclic amide) rings is 1. The number of nitrogens with one attached hydrogen (secondary N) is 2. The van der Waals surface area contributed by atoms with E-state index < -0.39 is 33.8 Å². The van der Waals surface area contributed by atoms with Crippen molar-refractivity contribution in [3.05, 3.63) is 40.9 Å². The Balaban J connectivity index is 1.30. The van der Waals surface area contributed by atoms with Crippen molar-refractivity contribution >= 4 is 56.1 Å². The van der Waals surface area contributed by atoms with Crippen LogP contribution in [0, 0.1) is 0 Å². The van der Waals surface area contributed by atoms with Crippen LogP contribution in [0.5, 0.6) is 5.75 Å². The Morgan fingerprint density at radius 2 is 1.96 bits per heavy atom. The van der Waals surface area contributed by atoms with Gasteiger partial charge in [0.25, 0.3) is 11.8 Å². The Morgan fingerprint density at radius 3 is 2.54 bits per heavy atom. The first-order valence-corrected chi connectivity index (χ1v) is 16.1. The minimum atomic E-state index is -4.96. The van der Waals surface area contributed by atoms with Crippen molar-refractivity contribution in [2.45, 2.75) is 43.9 Å². The number of nitrogens with two attached hydrogens (primary N) is 2. The average molecular weight is 682 g/mol. The highest BCUT2D eigenvalue weighted by Crippen LogP contribution is 2.33. The van der Waals surface area contributed by atoms with Gasteiger partial charge in [-0.3, -0.25) is 23.9 Å². The average Bonchev–Trinajstić information content (AvgIpc) is 3.64. The van der Waals surface area contributed by atoms with Gasteiger partial charge in [-0.2, -0.15) is 13.5 Å². The van der Waals surface area contributed by atoms with Crippen molar-refractivity contribution < 1.29 is 41.2 Å². The number of nitrogen functional groups attached to an aromatic ring is 1. The smallest absolute Gasteiger partial charge is 0.418 e. The highest BCUT2D eigenvalue weighted by atomic mass is 32.3. The summed E-state index contributed by atoms with van der Waals surface area (Å²) in [6.45, 7) is 3.36. The normalized spacial score (nSPS) is 21.5. The number of likely N-dealkylation sites (N-methyl/N-ethyl adjacent to an activating group) is 1. The van der Waals surface area contributed by atoms with Gasteiger partial charge in [0.15, 0.2) is 17.5 Å². The van der Waals surface area contributed by atoms with Crippen molar-refractivity contribution in [3.63, 3.8) is 0 Å². The molecule has 0 bridgehead atoms. The predicted molar refractivity (Wildman–Crippen MR) is 166 cm³/mol. The van der Waals surface area contributed by atoms with E-state index in [1.165, 1.54) is 19.2 Å². The highest BCUT2D eigenvalue weighted by molar-refractivity contribution is 7.80. The van der Waals surface area contributed by atoms with Crippen molar-refractivity contribution in [3.8, 4) is 5.75 Å². The quantitative estimate of drug-likeness (QED) is 0.0420. The molecule has 3 heterocycles. The molecule has 46 heavy (non-hydrogen) atoms. The molecule has 2 fully saturated rings. The second-order valence-corrected chi connectivity index (χ2v) is 12.9. The van der Waals surface area contributed by atoms with Gasteiger partial charge in [-0.05, 0) is 44.5 Å². The first-order valence-electron chi connectivity index (χ1n) is 13.8. The van der Waals surface area contributed by atoms with Crippen molar-refractivity contribution in [1.82, 2.24) is 25.6 Å². The maximum Gasteiger partial charge on any atom is 0.418 e. The van der Waals surface area contributed by atoms with Gasteiger partial charge >= 0.3 is 10.4 Å². The summed E-state index contributed by atoms with van der Waals surface area (Å²) in [7, 11) is -1.54. The second kappa shape index (κ2) is 14.0. The zero-order chi connectivity index (χ0) is 33.8. The monoisotopic (exact) mass is 681 g/mol. The number of hydrogen-bond acceptors (Lipinski definition) is 14. The van der Waals surface area contributed by atoms with Crippen molar-refractivity contribution in [2.24, 2.45) is 15.9 Å². The molecular formula is C26H35N9O9S2. The van der Waals surface area contributed by atoms with E-state index in [1.54, 1.807) is 43.3 Å². The number of amides is 3. The number of hydrogen-bond donors (Lipinski definition) is 5. The lowest BCUT2D eigenvalue weighted by atomic mass is 9.84. The van der Waals surface area contributed by atoms with E-state index >= 15 is 0 Å². The molecule has 20 heteroatoms. The molecular weight excluding hydrogens is 646 g/mol. The SMILES string of the molecule is CN(C)C(=O)C1C[C@H](N=C(N)c2ccc(OCCO/N=C(\C(=O)N[C@@H]3C(=O)N(OS(=O)(=O)O)C3(C)C)c3csc(N)n3)cc2)CN1. The molecule has 4 rings (SSSR count). The molecule has 0 aliphatic carbocycles. The number of aromatic nitrogens is 1. The molecule has 0 radical (unpaired) electrons. The van der Waals surface area contributed by atoms with Crippen LogP contribution in [0.2, 0.25) is 0 Å². The van der Waals surface area contributed by atoms with E-state index in [1.807, 2.05) is 0 Å². The van der Waals surface area contributed by atoms with Crippen LogP contribution < -0.4 is 26.8 Å². The lowest BCUT2D eigenvalue weighted by molar-refractivity contribution is -0.218. The number of amidine groups is 1. The zero-order valence-corrected chi connectivity index (χ0v) is 27.0. The molecule has 1 aromatic heterocycles. The summed E-state index contributed by atoms with van der Waals surface area (Å²) in [5, 5.41) is 11.5. The third-order valence-corrected chi connectivity index (χ3v) is 8.03. The first-order chi connectivity index (χ1) is 21.6. The van der Waals surface area contributed by atoms with Gasteiger partial charge in [0, 0.05) is 31.6 Å². The van der Waals surface area contributed by atoms with Crippen LogP contribution in [-0.4, -0.2) is 115 Å². The molecule has 0 saturated carbocycles. The van der Waals surface area contributed by atoms with Gasteiger partial charge in [0.1, 0.15) is 29.9 Å². The van der Waals surface area contributed by atoms with Crippen LogP contribution >= 0.6 is 11.3 Å². The standard InChI is InChI=1S/C26H35N9O9S2/c1-26(2)20(24(38)35(26)44-46(39,40)41)32-22(36)19(18-13-45-25(28)31-18)33-43-10-9-42-16-7-5-14(6-8-16)21(27)30-15-11-17(29-12-15)23(37)34(3)4/h5-8,13,15,17,20,29H,9-12H2,1-4H3,(H2,27,30)(H2,28,31)(H,32,36)(H,39,40,41)/b33-19-/t15-,17?,20+/m0/s1. The lowest BCUT2D eigenvalue weighted by Gasteiger charge is -2.50. The maximum atomic E-state index is 13.1. The van der Waals surface area contributed by atoms with Crippen LogP contribution in [0.25, 0.3) is 0 Å². The second-order valence-electron chi connectivity index (χ2n) is 11.0. The molecule has 2 aromatic rings. The number of oxime groups is 1. The number of thiazole rings is 1.